The summed E-state index contributed by atoms with van der Waals surface area (Å²) in [4.78, 5) is 61.6. The minimum absolute atomic E-state index is 0.00909. The number of ketones is 1. The second kappa shape index (κ2) is 11.0. The van der Waals surface area contributed by atoms with Crippen LogP contribution in [0.2, 0.25) is 0 Å². The topological polar surface area (TPSA) is 133 Å². The fraction of sp³-hybridized carbons (Fsp3) is 0.214. The van der Waals surface area contributed by atoms with Crippen LogP contribution in [0.15, 0.2) is 66.7 Å². The number of non-ortho nitro benzene ring substituents is 1. The van der Waals surface area contributed by atoms with Gasteiger partial charge in [0.15, 0.2) is 12.4 Å². The maximum atomic E-state index is 12.6. The van der Waals surface area contributed by atoms with Crippen molar-refractivity contribution in [3.63, 3.8) is 0 Å². The smallest absolute Gasteiger partial charge is 0.343 e. The van der Waals surface area contributed by atoms with E-state index in [0.717, 1.165) is 16.8 Å². The number of esters is 2. The summed E-state index contributed by atoms with van der Waals surface area (Å²) >= 11 is 0. The summed E-state index contributed by atoms with van der Waals surface area (Å²) in [6, 6.07) is 16.4. The molecule has 1 atom stereocenters. The number of hydrogen-bond donors (Lipinski definition) is 0. The van der Waals surface area contributed by atoms with Gasteiger partial charge in [0, 0.05) is 36.3 Å². The number of nitro groups is 1. The van der Waals surface area contributed by atoms with Crippen molar-refractivity contribution in [2.75, 3.05) is 18.1 Å². The molecule has 1 aliphatic heterocycles. The zero-order chi connectivity index (χ0) is 27.4. The van der Waals surface area contributed by atoms with Gasteiger partial charge in [0.1, 0.15) is 5.75 Å². The number of anilines is 1. The molecule has 0 unspecified atom stereocenters. The van der Waals surface area contributed by atoms with Gasteiger partial charge in [-0.15, -0.1) is 0 Å². The van der Waals surface area contributed by atoms with Crippen LogP contribution in [0.25, 0.3) is 0 Å². The molecular formula is C28H24N2O8. The normalized spacial score (nSPS) is 14.7. The summed E-state index contributed by atoms with van der Waals surface area (Å²) in [5, 5.41) is 10.7. The van der Waals surface area contributed by atoms with Gasteiger partial charge >= 0.3 is 11.9 Å². The van der Waals surface area contributed by atoms with Gasteiger partial charge < -0.3 is 14.4 Å². The van der Waals surface area contributed by atoms with Gasteiger partial charge in [-0.25, -0.2) is 4.79 Å². The van der Waals surface area contributed by atoms with Crippen molar-refractivity contribution in [2.24, 2.45) is 5.92 Å². The van der Waals surface area contributed by atoms with E-state index in [2.05, 4.69) is 0 Å². The van der Waals surface area contributed by atoms with Crippen molar-refractivity contribution in [1.82, 2.24) is 0 Å². The molecule has 0 aliphatic carbocycles. The lowest BCUT2D eigenvalue weighted by Crippen LogP contribution is -2.27. The van der Waals surface area contributed by atoms with Crippen molar-refractivity contribution >= 4 is 35.0 Å². The van der Waals surface area contributed by atoms with Crippen LogP contribution in [0.4, 0.5) is 11.4 Å². The Bertz CT molecular complexity index is 1410. The quantitative estimate of drug-likeness (QED) is 0.143. The fourth-order valence-corrected chi connectivity index (χ4v) is 4.14. The summed E-state index contributed by atoms with van der Waals surface area (Å²) in [5.74, 6) is -2.47. The van der Waals surface area contributed by atoms with E-state index in [1.807, 2.05) is 32.0 Å². The maximum absolute atomic E-state index is 12.6. The monoisotopic (exact) mass is 516 g/mol. The van der Waals surface area contributed by atoms with Crippen molar-refractivity contribution in [3.05, 3.63) is 99.1 Å². The van der Waals surface area contributed by atoms with Gasteiger partial charge in [0.2, 0.25) is 5.91 Å². The van der Waals surface area contributed by atoms with E-state index in [9.17, 15) is 29.3 Å². The number of ether oxygens (including phenoxy) is 2. The van der Waals surface area contributed by atoms with Crippen LogP contribution < -0.4 is 9.64 Å². The number of carbonyl (C=O) groups is 4. The second-order valence-corrected chi connectivity index (χ2v) is 8.94. The van der Waals surface area contributed by atoms with Crippen LogP contribution in [0.5, 0.6) is 5.75 Å². The number of benzene rings is 3. The van der Waals surface area contributed by atoms with Gasteiger partial charge in [0.05, 0.1) is 16.4 Å². The Hall–Kier alpha value is -4.86. The standard InChI is InChI=1S/C28H24N2O8/c1-17-3-12-24(18(2)13-17)29-15-21(14-26(29)32)27(33)37-16-25(31)19-6-10-23(11-7-19)38-28(34)20-4-8-22(9-5-20)30(35)36/h3-13,21H,14-16H2,1-2H3/t21-/m0/s1. The number of carbonyl (C=O) groups excluding carboxylic acids is 4. The summed E-state index contributed by atoms with van der Waals surface area (Å²) < 4.78 is 10.4. The van der Waals surface area contributed by atoms with E-state index >= 15 is 0 Å². The molecule has 0 saturated carbocycles. The number of hydrogen-bond acceptors (Lipinski definition) is 8. The molecule has 3 aromatic carbocycles. The summed E-state index contributed by atoms with van der Waals surface area (Å²) in [5.41, 5.74) is 2.98. The molecule has 0 spiro atoms. The predicted molar refractivity (Wildman–Crippen MR) is 136 cm³/mol. The molecule has 0 N–H and O–H groups in total. The van der Waals surface area contributed by atoms with Crippen molar-refractivity contribution in [3.8, 4) is 5.75 Å². The minimum Gasteiger partial charge on any atom is -0.457 e. The van der Waals surface area contributed by atoms with E-state index in [4.69, 9.17) is 9.47 Å². The summed E-state index contributed by atoms with van der Waals surface area (Å²) in [7, 11) is 0. The third-order valence-corrected chi connectivity index (χ3v) is 6.15. The van der Waals surface area contributed by atoms with Gasteiger partial charge in [-0.3, -0.25) is 24.5 Å². The lowest BCUT2D eigenvalue weighted by molar-refractivity contribution is -0.384. The summed E-state index contributed by atoms with van der Waals surface area (Å²) in [6.45, 7) is 3.56. The van der Waals surface area contributed by atoms with Gasteiger partial charge in [-0.05, 0) is 61.9 Å². The van der Waals surface area contributed by atoms with E-state index in [0.29, 0.717) is 0 Å². The molecule has 1 fully saturated rings. The van der Waals surface area contributed by atoms with Crippen molar-refractivity contribution in [2.45, 2.75) is 20.3 Å². The molecule has 10 heteroatoms. The van der Waals surface area contributed by atoms with E-state index in [-0.39, 0.29) is 41.4 Å². The Kier molecular flexibility index (Phi) is 7.61. The van der Waals surface area contributed by atoms with Crippen LogP contribution in [0, 0.1) is 29.9 Å². The van der Waals surface area contributed by atoms with Crippen molar-refractivity contribution < 1.29 is 33.6 Å². The SMILES string of the molecule is Cc1ccc(N2C[C@@H](C(=O)OCC(=O)c3ccc(OC(=O)c4ccc([N+](=O)[O-])cc4)cc3)CC2=O)c(C)c1. The maximum Gasteiger partial charge on any atom is 0.343 e. The first-order valence-electron chi connectivity index (χ1n) is 11.8. The average molecular weight is 517 g/mol. The first-order chi connectivity index (χ1) is 18.1. The Morgan fingerprint density at radius 3 is 2.26 bits per heavy atom. The molecule has 0 radical (unpaired) electrons. The molecule has 4 rings (SSSR count). The molecule has 194 valence electrons. The first kappa shape index (κ1) is 26.2. The molecule has 1 heterocycles. The van der Waals surface area contributed by atoms with Crippen molar-refractivity contribution in [1.29, 1.82) is 0 Å². The molecule has 1 amide bonds. The highest BCUT2D eigenvalue weighted by Crippen LogP contribution is 2.29. The first-order valence-corrected chi connectivity index (χ1v) is 11.8. The van der Waals surface area contributed by atoms with E-state index in [1.54, 1.807) is 4.90 Å². The second-order valence-electron chi connectivity index (χ2n) is 8.94. The lowest BCUT2D eigenvalue weighted by Gasteiger charge is -2.19. The molecule has 38 heavy (non-hydrogen) atoms. The Labute approximate surface area is 217 Å². The molecule has 3 aromatic rings. The molecule has 0 bridgehead atoms. The number of amides is 1. The van der Waals surface area contributed by atoms with Gasteiger partial charge in [0.25, 0.3) is 5.69 Å². The average Bonchev–Trinajstić information content (AvgIpc) is 3.28. The molecule has 10 nitrogen and oxygen atoms in total. The highest BCUT2D eigenvalue weighted by molar-refractivity contribution is 6.01. The molecular weight excluding hydrogens is 492 g/mol. The molecule has 1 saturated heterocycles. The van der Waals surface area contributed by atoms with E-state index in [1.165, 1.54) is 48.5 Å². The number of rotatable bonds is 8. The Morgan fingerprint density at radius 1 is 0.974 bits per heavy atom. The fourth-order valence-electron chi connectivity index (χ4n) is 4.14. The van der Waals surface area contributed by atoms with Gasteiger partial charge in [-0.1, -0.05) is 17.7 Å². The zero-order valence-electron chi connectivity index (χ0n) is 20.7. The Balaban J connectivity index is 1.29. The van der Waals surface area contributed by atoms with Crippen LogP contribution in [0.1, 0.15) is 38.3 Å². The Morgan fingerprint density at radius 2 is 1.63 bits per heavy atom. The number of nitro benzene ring substituents is 1. The highest BCUT2D eigenvalue weighted by Gasteiger charge is 2.37. The van der Waals surface area contributed by atoms with E-state index < -0.39 is 35.2 Å². The van der Waals surface area contributed by atoms with Crippen LogP contribution in [-0.2, 0) is 14.3 Å². The minimum atomic E-state index is -0.714. The molecule has 0 aromatic heterocycles. The molecule has 1 aliphatic rings. The summed E-state index contributed by atoms with van der Waals surface area (Å²) in [6.07, 6.45) is 0.00909. The number of Topliss-reactive ketones (excluding diaryl/α,β-unsaturated/α-hetero) is 1. The highest BCUT2D eigenvalue weighted by atomic mass is 16.6. The third kappa shape index (κ3) is 5.92. The van der Waals surface area contributed by atoms with Crippen LogP contribution in [-0.4, -0.2) is 41.7 Å². The lowest BCUT2D eigenvalue weighted by atomic mass is 10.1. The van der Waals surface area contributed by atoms with Gasteiger partial charge in [-0.2, -0.15) is 0 Å². The largest absolute Gasteiger partial charge is 0.457 e. The zero-order valence-corrected chi connectivity index (χ0v) is 20.7. The third-order valence-electron chi connectivity index (χ3n) is 6.15. The van der Waals surface area contributed by atoms with Crippen LogP contribution >= 0.6 is 0 Å². The predicted octanol–water partition coefficient (Wildman–Crippen LogP) is 4.21. The van der Waals surface area contributed by atoms with Crippen LogP contribution in [0.3, 0.4) is 0 Å². The number of aryl methyl sites for hydroxylation is 2. The number of nitrogens with zero attached hydrogens (tertiary/aromatic N) is 2.